The van der Waals surface area contributed by atoms with Gasteiger partial charge in [0.2, 0.25) is 0 Å². The quantitative estimate of drug-likeness (QED) is 0.338. The summed E-state index contributed by atoms with van der Waals surface area (Å²) in [6.07, 6.45) is 10.4. The number of amides is 1. The van der Waals surface area contributed by atoms with E-state index in [2.05, 4.69) is 24.4 Å². The average Bonchev–Trinajstić information content (AvgIpc) is 2.03. The molecule has 1 amide bonds. The van der Waals surface area contributed by atoms with Crippen molar-refractivity contribution in [2.45, 2.75) is 32.6 Å². The van der Waals surface area contributed by atoms with Crippen LogP contribution in [0, 0.1) is 0 Å². The van der Waals surface area contributed by atoms with E-state index in [9.17, 15) is 4.79 Å². The molecule has 0 aromatic rings. The Bertz CT molecular complexity index is 110. The van der Waals surface area contributed by atoms with Gasteiger partial charge in [-0.2, -0.15) is 0 Å². The molecule has 0 heterocycles. The van der Waals surface area contributed by atoms with E-state index in [-0.39, 0.29) is 0 Å². The van der Waals surface area contributed by atoms with Crippen molar-refractivity contribution >= 4 is 6.41 Å². The van der Waals surface area contributed by atoms with Crippen LogP contribution in [0.3, 0.4) is 0 Å². The van der Waals surface area contributed by atoms with E-state index in [0.717, 1.165) is 32.2 Å². The molecule has 0 atom stereocenters. The fraction of sp³-hybridized carbons (Fsp3) is 0.667. The average molecular weight is 154 g/mol. The van der Waals surface area contributed by atoms with Crippen molar-refractivity contribution in [2.24, 2.45) is 0 Å². The predicted molar refractivity (Wildman–Crippen MR) is 47.0 cm³/mol. The lowest BCUT2D eigenvalue weighted by Gasteiger charge is -1.94. The Hall–Kier alpha value is -0.790. The van der Waals surface area contributed by atoms with Gasteiger partial charge in [-0.3, -0.25) is 4.79 Å². The van der Waals surface area contributed by atoms with Crippen LogP contribution in [0.1, 0.15) is 32.6 Å². The predicted octanol–water partition coefficient (Wildman–Crippen LogP) is 1.78. The lowest BCUT2D eigenvalue weighted by Crippen LogP contribution is -2.11. The van der Waals surface area contributed by atoms with Gasteiger partial charge in [-0.25, -0.2) is 0 Å². The summed E-state index contributed by atoms with van der Waals surface area (Å²) < 4.78 is 0. The Morgan fingerprint density at radius 1 is 1.36 bits per heavy atom. The zero-order valence-electron chi connectivity index (χ0n) is 7.10. The second-order valence-corrected chi connectivity index (χ2v) is 2.40. The Kier molecular flexibility index (Phi) is 8.55. The molecular formula is C9H16NO. The van der Waals surface area contributed by atoms with E-state index in [1.54, 1.807) is 6.41 Å². The fourth-order valence-electron chi connectivity index (χ4n) is 0.811. The third-order valence-corrected chi connectivity index (χ3v) is 1.40. The minimum absolute atomic E-state index is 0.753. The number of hydrogen-bond donors (Lipinski definition) is 1. The molecule has 0 aromatic carbocycles. The third-order valence-electron chi connectivity index (χ3n) is 1.40. The zero-order valence-corrected chi connectivity index (χ0v) is 7.10. The Labute approximate surface area is 68.7 Å². The third kappa shape index (κ3) is 9.21. The van der Waals surface area contributed by atoms with Crippen molar-refractivity contribution in [3.8, 4) is 0 Å². The number of rotatable bonds is 7. The van der Waals surface area contributed by atoms with Crippen LogP contribution in [0.25, 0.3) is 0 Å². The van der Waals surface area contributed by atoms with Gasteiger partial charge in [-0.05, 0) is 25.7 Å². The first-order chi connectivity index (χ1) is 5.41. The molecule has 63 valence electrons. The van der Waals surface area contributed by atoms with Gasteiger partial charge in [0.1, 0.15) is 0 Å². The molecule has 2 nitrogen and oxygen atoms in total. The second-order valence-electron chi connectivity index (χ2n) is 2.40. The van der Waals surface area contributed by atoms with Crippen molar-refractivity contribution in [1.82, 2.24) is 5.32 Å². The molecule has 1 N–H and O–H groups in total. The van der Waals surface area contributed by atoms with Crippen molar-refractivity contribution in [3.63, 3.8) is 0 Å². The highest BCUT2D eigenvalue weighted by Gasteiger charge is 1.84. The molecule has 0 aromatic heterocycles. The standard InChI is InChI=1S/C9H16NO/c1-2-3-4-5-6-7-8-10-9-11/h3-4H,2,5-8H2,1H3,(H,10,11)/b4-3+. The van der Waals surface area contributed by atoms with Gasteiger partial charge in [0.05, 0.1) is 0 Å². The van der Waals surface area contributed by atoms with Crippen molar-refractivity contribution in [1.29, 1.82) is 0 Å². The summed E-state index contributed by atoms with van der Waals surface area (Å²) in [6, 6.07) is 0. The zero-order chi connectivity index (χ0) is 8.36. The van der Waals surface area contributed by atoms with Gasteiger partial charge < -0.3 is 5.32 Å². The summed E-state index contributed by atoms with van der Waals surface area (Å²) in [5, 5.41) is 2.51. The van der Waals surface area contributed by atoms with Crippen LogP contribution < -0.4 is 5.32 Å². The summed E-state index contributed by atoms with van der Waals surface area (Å²) in [7, 11) is 0. The molecular weight excluding hydrogens is 138 g/mol. The van der Waals surface area contributed by atoms with Gasteiger partial charge in [0, 0.05) is 6.54 Å². The summed E-state index contributed by atoms with van der Waals surface area (Å²) in [5.74, 6) is 0. The van der Waals surface area contributed by atoms with Crippen LogP contribution in [-0.2, 0) is 4.79 Å². The molecule has 1 radical (unpaired) electrons. The van der Waals surface area contributed by atoms with E-state index >= 15 is 0 Å². The summed E-state index contributed by atoms with van der Waals surface area (Å²) >= 11 is 0. The Morgan fingerprint density at radius 3 is 2.82 bits per heavy atom. The Morgan fingerprint density at radius 2 is 2.18 bits per heavy atom. The van der Waals surface area contributed by atoms with E-state index in [1.165, 1.54) is 0 Å². The minimum Gasteiger partial charge on any atom is -0.348 e. The summed E-state index contributed by atoms with van der Waals surface area (Å²) in [4.78, 5) is 9.69. The Balaban J connectivity index is 2.90. The fourth-order valence-corrected chi connectivity index (χ4v) is 0.811. The maximum atomic E-state index is 9.69. The molecule has 0 unspecified atom stereocenters. The maximum Gasteiger partial charge on any atom is 0.309 e. The molecule has 0 saturated heterocycles. The van der Waals surface area contributed by atoms with Crippen LogP contribution in [-0.4, -0.2) is 13.0 Å². The highest BCUT2D eigenvalue weighted by molar-refractivity contribution is 5.46. The normalized spacial score (nSPS) is 10.3. The first-order valence-electron chi connectivity index (χ1n) is 4.16. The molecule has 2 heteroatoms. The van der Waals surface area contributed by atoms with E-state index in [0.29, 0.717) is 0 Å². The molecule has 0 spiro atoms. The first-order valence-corrected chi connectivity index (χ1v) is 4.16. The van der Waals surface area contributed by atoms with Crippen LogP contribution in [0.15, 0.2) is 12.2 Å². The van der Waals surface area contributed by atoms with Gasteiger partial charge >= 0.3 is 6.41 Å². The summed E-state index contributed by atoms with van der Waals surface area (Å²) in [6.45, 7) is 2.88. The van der Waals surface area contributed by atoms with Gasteiger partial charge in [0.15, 0.2) is 0 Å². The largest absolute Gasteiger partial charge is 0.348 e. The molecule has 0 saturated carbocycles. The van der Waals surface area contributed by atoms with Crippen LogP contribution in [0.2, 0.25) is 0 Å². The SMILES string of the molecule is CC/C=C/CCCCN[C]=O. The molecule has 11 heavy (non-hydrogen) atoms. The molecule has 0 aliphatic rings. The van der Waals surface area contributed by atoms with Gasteiger partial charge in [0.25, 0.3) is 0 Å². The maximum absolute atomic E-state index is 9.69. The molecule has 0 fully saturated rings. The van der Waals surface area contributed by atoms with Crippen molar-refractivity contribution in [3.05, 3.63) is 12.2 Å². The van der Waals surface area contributed by atoms with E-state index in [4.69, 9.17) is 0 Å². The summed E-state index contributed by atoms with van der Waals surface area (Å²) in [5.41, 5.74) is 0. The van der Waals surface area contributed by atoms with Crippen LogP contribution in [0.4, 0.5) is 0 Å². The molecule has 0 aliphatic carbocycles. The van der Waals surface area contributed by atoms with Crippen molar-refractivity contribution in [2.75, 3.05) is 6.54 Å². The molecule has 0 bridgehead atoms. The number of unbranched alkanes of at least 4 members (excludes halogenated alkanes) is 2. The van der Waals surface area contributed by atoms with Crippen molar-refractivity contribution < 1.29 is 4.79 Å². The van der Waals surface area contributed by atoms with Crippen LogP contribution >= 0.6 is 0 Å². The lowest BCUT2D eigenvalue weighted by molar-refractivity contribution is 0.539. The highest BCUT2D eigenvalue weighted by Crippen LogP contribution is 1.95. The van der Waals surface area contributed by atoms with E-state index in [1.807, 2.05) is 0 Å². The molecule has 0 rings (SSSR count). The second kappa shape index (κ2) is 9.21. The number of nitrogens with one attached hydrogen (secondary N) is 1. The monoisotopic (exact) mass is 154 g/mol. The highest BCUT2D eigenvalue weighted by atomic mass is 16.1. The van der Waals surface area contributed by atoms with Gasteiger partial charge in [-0.1, -0.05) is 19.1 Å². The van der Waals surface area contributed by atoms with Gasteiger partial charge in [-0.15, -0.1) is 0 Å². The number of hydrogen-bond acceptors (Lipinski definition) is 1. The molecule has 0 aliphatic heterocycles. The van der Waals surface area contributed by atoms with Crippen LogP contribution in [0.5, 0.6) is 0 Å². The number of allylic oxidation sites excluding steroid dienone is 2. The first kappa shape index (κ1) is 10.2. The van der Waals surface area contributed by atoms with E-state index < -0.39 is 0 Å². The lowest BCUT2D eigenvalue weighted by atomic mass is 10.2. The smallest absolute Gasteiger partial charge is 0.309 e. The number of carbonyl (C=O) groups excluding carboxylic acids is 1. The minimum atomic E-state index is 0.753. The topological polar surface area (TPSA) is 29.1 Å².